The lowest BCUT2D eigenvalue weighted by atomic mass is 9.50. The molecule has 0 saturated heterocycles. The third kappa shape index (κ3) is 2.95. The van der Waals surface area contributed by atoms with Crippen molar-refractivity contribution in [3.63, 3.8) is 0 Å². The van der Waals surface area contributed by atoms with Gasteiger partial charge in [-0.3, -0.25) is 10.1 Å². The molecule has 2 heterocycles. The molecule has 4 aliphatic carbocycles. The van der Waals surface area contributed by atoms with Crippen molar-refractivity contribution in [3.8, 4) is 5.69 Å². The maximum atomic E-state index is 12.8. The summed E-state index contributed by atoms with van der Waals surface area (Å²) < 4.78 is 1.52. The van der Waals surface area contributed by atoms with Gasteiger partial charge in [0, 0.05) is 11.0 Å². The Hall–Kier alpha value is -2.68. The number of hydrogen-bond donors (Lipinski definition) is 1. The van der Waals surface area contributed by atoms with Crippen molar-refractivity contribution >= 4 is 22.4 Å². The first kappa shape index (κ1) is 17.2. The van der Waals surface area contributed by atoms with Crippen LogP contribution in [0.4, 0.5) is 5.13 Å². The molecule has 4 fully saturated rings. The molecule has 8 nitrogen and oxygen atoms in total. The van der Waals surface area contributed by atoms with Gasteiger partial charge in [0.2, 0.25) is 5.13 Å². The zero-order valence-corrected chi connectivity index (χ0v) is 16.7. The minimum atomic E-state index is -0.201. The van der Waals surface area contributed by atoms with Gasteiger partial charge in [-0.15, -0.1) is 15.3 Å². The fourth-order valence-corrected chi connectivity index (χ4v) is 7.06. The Kier molecular flexibility index (Phi) is 3.80. The van der Waals surface area contributed by atoms with E-state index in [-0.39, 0.29) is 11.3 Å². The molecular formula is C20H21N7OS. The average molecular weight is 408 g/mol. The van der Waals surface area contributed by atoms with Crippen LogP contribution in [0, 0.1) is 17.8 Å². The van der Waals surface area contributed by atoms with Crippen molar-refractivity contribution < 1.29 is 4.79 Å². The predicted molar refractivity (Wildman–Crippen MR) is 107 cm³/mol. The van der Waals surface area contributed by atoms with Gasteiger partial charge in [0.15, 0.2) is 0 Å². The Morgan fingerprint density at radius 2 is 1.86 bits per heavy atom. The molecule has 1 N–H and O–H groups in total. The summed E-state index contributed by atoms with van der Waals surface area (Å²) in [7, 11) is 0. The van der Waals surface area contributed by atoms with Crippen LogP contribution in [0.25, 0.3) is 5.69 Å². The van der Waals surface area contributed by atoms with Crippen LogP contribution in [0.1, 0.15) is 53.9 Å². The first-order valence-electron chi connectivity index (χ1n) is 10.2. The van der Waals surface area contributed by atoms with Crippen molar-refractivity contribution in [2.75, 3.05) is 5.32 Å². The van der Waals surface area contributed by atoms with Crippen molar-refractivity contribution in [1.29, 1.82) is 0 Å². The molecule has 4 bridgehead atoms. The van der Waals surface area contributed by atoms with Crippen molar-refractivity contribution in [2.45, 2.75) is 43.9 Å². The molecule has 7 rings (SSSR count). The summed E-state index contributed by atoms with van der Waals surface area (Å²) in [5.74, 6) is 2.37. The van der Waals surface area contributed by atoms with Crippen LogP contribution in [-0.4, -0.2) is 36.3 Å². The second-order valence-electron chi connectivity index (χ2n) is 8.87. The first-order valence-corrected chi connectivity index (χ1v) is 11.0. The summed E-state index contributed by atoms with van der Waals surface area (Å²) >= 11 is 1.55. The molecule has 4 aliphatic rings. The molecular weight excluding hydrogens is 386 g/mol. The van der Waals surface area contributed by atoms with Gasteiger partial charge < -0.3 is 0 Å². The van der Waals surface area contributed by atoms with Crippen LogP contribution >= 0.6 is 11.3 Å². The molecule has 29 heavy (non-hydrogen) atoms. The minimum absolute atomic E-state index is 0.201. The highest BCUT2D eigenvalue weighted by atomic mass is 32.1. The molecule has 2 aromatic heterocycles. The van der Waals surface area contributed by atoms with Gasteiger partial charge in [-0.05, 0) is 84.9 Å². The summed E-state index contributed by atoms with van der Waals surface area (Å²) in [6.07, 6.45) is 9.44. The summed E-state index contributed by atoms with van der Waals surface area (Å²) in [5, 5.41) is 24.6. The third-order valence-electron chi connectivity index (χ3n) is 6.86. The number of carbonyl (C=O) groups is 1. The second-order valence-corrected chi connectivity index (χ2v) is 9.85. The van der Waals surface area contributed by atoms with Crippen LogP contribution in [0.3, 0.4) is 0 Å². The lowest BCUT2D eigenvalue weighted by molar-refractivity contribution is -0.00555. The van der Waals surface area contributed by atoms with Gasteiger partial charge in [0.05, 0.1) is 5.69 Å². The number of nitrogens with zero attached hydrogens (tertiary/aromatic N) is 6. The molecule has 0 aliphatic heterocycles. The molecule has 1 aromatic carbocycles. The number of aromatic nitrogens is 6. The van der Waals surface area contributed by atoms with E-state index < -0.39 is 0 Å². The molecule has 0 radical (unpaired) electrons. The van der Waals surface area contributed by atoms with E-state index >= 15 is 0 Å². The van der Waals surface area contributed by atoms with Gasteiger partial charge in [0.1, 0.15) is 11.3 Å². The number of hydrogen-bond acceptors (Lipinski definition) is 7. The highest BCUT2D eigenvalue weighted by Gasteiger charge is 2.53. The fraction of sp³-hybridized carbons (Fsp3) is 0.500. The van der Waals surface area contributed by atoms with Gasteiger partial charge in [-0.2, -0.15) is 0 Å². The number of rotatable bonds is 4. The number of nitrogens with one attached hydrogen (secondary N) is 1. The monoisotopic (exact) mass is 407 g/mol. The van der Waals surface area contributed by atoms with Crippen LogP contribution in [0.5, 0.6) is 0 Å². The second kappa shape index (κ2) is 6.41. The Balaban J connectivity index is 1.22. The van der Waals surface area contributed by atoms with E-state index in [4.69, 9.17) is 0 Å². The normalized spacial score (nSPS) is 29.9. The Labute approximate surface area is 171 Å². The van der Waals surface area contributed by atoms with E-state index in [1.165, 1.54) is 49.5 Å². The van der Waals surface area contributed by atoms with E-state index in [9.17, 15) is 4.79 Å². The predicted octanol–water partition coefficient (Wildman–Crippen LogP) is 3.23. The van der Waals surface area contributed by atoms with E-state index in [1.54, 1.807) is 23.5 Å². The van der Waals surface area contributed by atoms with E-state index in [1.807, 2.05) is 12.1 Å². The molecule has 4 saturated carbocycles. The Morgan fingerprint density at radius 3 is 2.55 bits per heavy atom. The van der Waals surface area contributed by atoms with Crippen molar-refractivity contribution in [3.05, 3.63) is 41.2 Å². The lowest BCUT2D eigenvalue weighted by Gasteiger charge is -2.55. The number of anilines is 1. The van der Waals surface area contributed by atoms with Crippen LogP contribution in [0.15, 0.2) is 30.6 Å². The molecule has 0 atom stereocenters. The highest BCUT2D eigenvalue weighted by Crippen LogP contribution is 2.61. The summed E-state index contributed by atoms with van der Waals surface area (Å²) in [5.41, 5.74) is 1.47. The maximum Gasteiger partial charge on any atom is 0.257 e. The molecule has 0 unspecified atom stereocenters. The van der Waals surface area contributed by atoms with Crippen molar-refractivity contribution in [2.24, 2.45) is 17.8 Å². The quantitative estimate of drug-likeness (QED) is 0.713. The zero-order chi connectivity index (χ0) is 19.4. The van der Waals surface area contributed by atoms with Gasteiger partial charge in [-0.1, -0.05) is 17.4 Å². The number of benzene rings is 1. The van der Waals surface area contributed by atoms with Gasteiger partial charge in [-0.25, -0.2) is 4.68 Å². The standard InChI is InChI=1S/C20H21N7OS/c28-17(15-2-1-3-16(7-15)27-11-21-25-26-27)22-19-24-23-18(29-19)20-8-12-4-13(9-20)6-14(5-12)10-20/h1-3,7,11-14H,4-6,8-10H2,(H,22,24,28). The highest BCUT2D eigenvalue weighted by molar-refractivity contribution is 7.15. The molecule has 0 spiro atoms. The van der Waals surface area contributed by atoms with E-state index in [0.29, 0.717) is 10.7 Å². The summed E-state index contributed by atoms with van der Waals surface area (Å²) in [6, 6.07) is 7.19. The summed E-state index contributed by atoms with van der Waals surface area (Å²) in [4.78, 5) is 12.8. The van der Waals surface area contributed by atoms with Gasteiger partial charge in [0.25, 0.3) is 5.91 Å². The molecule has 3 aromatic rings. The summed E-state index contributed by atoms with van der Waals surface area (Å²) in [6.45, 7) is 0. The molecule has 9 heteroatoms. The number of carbonyl (C=O) groups excluding carboxylic acids is 1. The first-order chi connectivity index (χ1) is 14.2. The lowest BCUT2D eigenvalue weighted by Crippen LogP contribution is -2.48. The van der Waals surface area contributed by atoms with Crippen LogP contribution in [-0.2, 0) is 5.41 Å². The van der Waals surface area contributed by atoms with E-state index in [0.717, 1.165) is 28.4 Å². The van der Waals surface area contributed by atoms with Crippen LogP contribution < -0.4 is 5.32 Å². The molecule has 148 valence electrons. The minimum Gasteiger partial charge on any atom is -0.296 e. The van der Waals surface area contributed by atoms with E-state index in [2.05, 4.69) is 31.0 Å². The SMILES string of the molecule is O=C(Nc1nnc(C23CC4CC(CC(C4)C2)C3)s1)c1cccc(-n2cnnn2)c1. The largest absolute Gasteiger partial charge is 0.296 e. The Morgan fingerprint density at radius 1 is 1.10 bits per heavy atom. The smallest absolute Gasteiger partial charge is 0.257 e. The third-order valence-corrected chi connectivity index (χ3v) is 7.94. The Bertz CT molecular complexity index is 1030. The molecule has 1 amide bonds. The topological polar surface area (TPSA) is 98.5 Å². The maximum absolute atomic E-state index is 12.8. The van der Waals surface area contributed by atoms with Gasteiger partial charge >= 0.3 is 0 Å². The van der Waals surface area contributed by atoms with Crippen LogP contribution in [0.2, 0.25) is 0 Å². The fourth-order valence-electron chi connectivity index (χ4n) is 6.10. The number of tetrazole rings is 1. The zero-order valence-electron chi connectivity index (χ0n) is 15.9. The van der Waals surface area contributed by atoms with Crippen molar-refractivity contribution in [1.82, 2.24) is 30.4 Å². The average Bonchev–Trinajstić information content (AvgIpc) is 3.40. The number of amides is 1.